The van der Waals surface area contributed by atoms with E-state index in [1.165, 1.54) is 22.9 Å². The molecule has 4 rings (SSSR count). The van der Waals surface area contributed by atoms with E-state index in [-0.39, 0.29) is 11.5 Å². The Morgan fingerprint density at radius 1 is 1.13 bits per heavy atom. The van der Waals surface area contributed by atoms with Gasteiger partial charge in [-0.2, -0.15) is 0 Å². The summed E-state index contributed by atoms with van der Waals surface area (Å²) in [5, 5.41) is 1.30. The Hall–Kier alpha value is -2.16. The summed E-state index contributed by atoms with van der Waals surface area (Å²) in [5.74, 6) is 0.404. The number of nitrogens with zero attached hydrogens (tertiary/aromatic N) is 4. The van der Waals surface area contributed by atoms with Crippen molar-refractivity contribution in [3.63, 3.8) is 0 Å². The third-order valence-corrected chi connectivity index (χ3v) is 8.19. The van der Waals surface area contributed by atoms with Crippen molar-refractivity contribution in [1.29, 1.82) is 0 Å². The lowest BCUT2D eigenvalue weighted by molar-refractivity contribution is -0.130. The molecule has 0 saturated carbocycles. The molecule has 31 heavy (non-hydrogen) atoms. The van der Waals surface area contributed by atoms with Gasteiger partial charge in [0.15, 0.2) is 5.16 Å². The fraction of sp³-hybridized carbons (Fsp3) is 0.435. The van der Waals surface area contributed by atoms with Crippen LogP contribution in [0.2, 0.25) is 0 Å². The van der Waals surface area contributed by atoms with Crippen LogP contribution in [0.3, 0.4) is 0 Å². The maximum absolute atomic E-state index is 12.8. The van der Waals surface area contributed by atoms with Crippen LogP contribution in [0.25, 0.3) is 10.2 Å². The average molecular weight is 457 g/mol. The van der Waals surface area contributed by atoms with Gasteiger partial charge in [0.05, 0.1) is 11.1 Å². The van der Waals surface area contributed by atoms with E-state index in [0.717, 1.165) is 48.0 Å². The van der Waals surface area contributed by atoms with Gasteiger partial charge >= 0.3 is 0 Å². The molecule has 8 heteroatoms. The summed E-state index contributed by atoms with van der Waals surface area (Å²) in [6.07, 6.45) is 0. The number of benzene rings is 1. The van der Waals surface area contributed by atoms with Crippen LogP contribution >= 0.6 is 23.1 Å². The van der Waals surface area contributed by atoms with Crippen molar-refractivity contribution in [2.24, 2.45) is 7.05 Å². The van der Waals surface area contributed by atoms with Gasteiger partial charge in [-0.3, -0.25) is 19.1 Å². The van der Waals surface area contributed by atoms with E-state index < -0.39 is 0 Å². The molecule has 1 aliphatic heterocycles. The quantitative estimate of drug-likeness (QED) is 0.435. The summed E-state index contributed by atoms with van der Waals surface area (Å²) in [7, 11) is 1.73. The molecule has 0 aliphatic carbocycles. The van der Waals surface area contributed by atoms with Gasteiger partial charge in [0.1, 0.15) is 4.83 Å². The molecule has 6 nitrogen and oxygen atoms in total. The molecule has 0 unspecified atom stereocenters. The van der Waals surface area contributed by atoms with E-state index in [1.54, 1.807) is 23.0 Å². The number of hydrogen-bond donors (Lipinski definition) is 0. The number of carbonyl (C=O) groups excluding carboxylic acids is 1. The summed E-state index contributed by atoms with van der Waals surface area (Å²) in [5.41, 5.74) is 3.62. The predicted molar refractivity (Wildman–Crippen MR) is 128 cm³/mol. The number of carbonyl (C=O) groups is 1. The van der Waals surface area contributed by atoms with Crippen LogP contribution in [0.15, 0.2) is 34.2 Å². The largest absolute Gasteiger partial charge is 0.339 e. The highest BCUT2D eigenvalue weighted by molar-refractivity contribution is 7.99. The summed E-state index contributed by atoms with van der Waals surface area (Å²) in [6.45, 7) is 10.3. The molecule has 1 aromatic carbocycles. The van der Waals surface area contributed by atoms with Crippen molar-refractivity contribution in [2.75, 3.05) is 31.9 Å². The normalized spacial score (nSPS) is 15.0. The fourth-order valence-corrected chi connectivity index (χ4v) is 5.83. The Kier molecular flexibility index (Phi) is 6.50. The summed E-state index contributed by atoms with van der Waals surface area (Å²) in [4.78, 5) is 36.4. The third-order valence-electron chi connectivity index (χ3n) is 6.07. The number of aromatic nitrogens is 2. The zero-order valence-corrected chi connectivity index (χ0v) is 20.1. The number of hydrogen-bond acceptors (Lipinski definition) is 6. The molecule has 3 aromatic rings. The molecule has 2 aromatic heterocycles. The second kappa shape index (κ2) is 9.14. The van der Waals surface area contributed by atoms with Gasteiger partial charge in [-0.1, -0.05) is 36.0 Å². The number of rotatable bonds is 5. The number of thioether (sulfide) groups is 1. The lowest BCUT2D eigenvalue weighted by atomic mass is 10.1. The van der Waals surface area contributed by atoms with Crippen molar-refractivity contribution >= 4 is 39.2 Å². The Morgan fingerprint density at radius 2 is 1.84 bits per heavy atom. The summed E-state index contributed by atoms with van der Waals surface area (Å²) >= 11 is 2.89. The molecule has 1 aliphatic rings. The second-order valence-electron chi connectivity index (χ2n) is 8.09. The van der Waals surface area contributed by atoms with Crippen LogP contribution in [0.5, 0.6) is 0 Å². The smallest absolute Gasteiger partial charge is 0.262 e. The van der Waals surface area contributed by atoms with Crippen LogP contribution in [0, 0.1) is 20.8 Å². The summed E-state index contributed by atoms with van der Waals surface area (Å²) in [6, 6.07) is 8.46. The number of amides is 1. The molecule has 0 radical (unpaired) electrons. The molecular formula is C23H28N4O2S2. The molecule has 0 N–H and O–H groups in total. The maximum atomic E-state index is 12.8. The molecule has 1 saturated heterocycles. The Bertz CT molecular complexity index is 1180. The molecule has 3 heterocycles. The van der Waals surface area contributed by atoms with E-state index in [2.05, 4.69) is 41.1 Å². The first kappa shape index (κ1) is 22.0. The van der Waals surface area contributed by atoms with Crippen LogP contribution < -0.4 is 5.56 Å². The highest BCUT2D eigenvalue weighted by Gasteiger charge is 2.22. The first-order chi connectivity index (χ1) is 14.8. The average Bonchev–Trinajstić information content (AvgIpc) is 3.05. The highest BCUT2D eigenvalue weighted by Crippen LogP contribution is 2.28. The number of fused-ring (bicyclic) bond motifs is 1. The minimum atomic E-state index is -0.0355. The first-order valence-corrected chi connectivity index (χ1v) is 12.3. The Morgan fingerprint density at radius 3 is 2.55 bits per heavy atom. The van der Waals surface area contributed by atoms with Crippen molar-refractivity contribution in [3.8, 4) is 0 Å². The van der Waals surface area contributed by atoms with E-state index in [9.17, 15) is 9.59 Å². The van der Waals surface area contributed by atoms with E-state index >= 15 is 0 Å². The van der Waals surface area contributed by atoms with Crippen LogP contribution in [0.1, 0.15) is 21.6 Å². The first-order valence-electron chi connectivity index (χ1n) is 10.5. The maximum Gasteiger partial charge on any atom is 0.262 e. The number of aryl methyl sites for hydroxylation is 3. The molecule has 0 bridgehead atoms. The minimum Gasteiger partial charge on any atom is -0.339 e. The fourth-order valence-electron chi connectivity index (χ4n) is 3.89. The van der Waals surface area contributed by atoms with Crippen LogP contribution in [-0.4, -0.2) is 57.2 Å². The van der Waals surface area contributed by atoms with Gasteiger partial charge in [0, 0.05) is 44.6 Å². The molecule has 164 valence electrons. The zero-order chi connectivity index (χ0) is 22.1. The van der Waals surface area contributed by atoms with E-state index in [0.29, 0.717) is 16.3 Å². The molecular weight excluding hydrogens is 428 g/mol. The summed E-state index contributed by atoms with van der Waals surface area (Å²) < 4.78 is 1.57. The van der Waals surface area contributed by atoms with Gasteiger partial charge in [-0.25, -0.2) is 4.98 Å². The van der Waals surface area contributed by atoms with E-state index in [1.807, 2.05) is 18.7 Å². The van der Waals surface area contributed by atoms with Crippen molar-refractivity contribution in [1.82, 2.24) is 19.4 Å². The topological polar surface area (TPSA) is 58.4 Å². The van der Waals surface area contributed by atoms with Gasteiger partial charge in [-0.05, 0) is 37.5 Å². The highest BCUT2D eigenvalue weighted by atomic mass is 32.2. The van der Waals surface area contributed by atoms with Crippen molar-refractivity contribution in [3.05, 3.63) is 56.2 Å². The lowest BCUT2D eigenvalue weighted by Gasteiger charge is -2.35. The van der Waals surface area contributed by atoms with Gasteiger partial charge in [0.2, 0.25) is 5.91 Å². The molecule has 1 fully saturated rings. The van der Waals surface area contributed by atoms with Gasteiger partial charge < -0.3 is 4.90 Å². The molecule has 0 atom stereocenters. The van der Waals surface area contributed by atoms with Crippen molar-refractivity contribution in [2.45, 2.75) is 32.5 Å². The minimum absolute atomic E-state index is 0.0355. The molecule has 1 amide bonds. The molecule has 0 spiro atoms. The van der Waals surface area contributed by atoms with Gasteiger partial charge in [0.25, 0.3) is 5.56 Å². The Labute approximate surface area is 190 Å². The number of piperazine rings is 1. The Balaban J connectivity index is 1.35. The third kappa shape index (κ3) is 4.56. The number of thiophene rings is 1. The predicted octanol–water partition coefficient (Wildman–Crippen LogP) is 3.36. The SMILES string of the molecule is Cc1ccccc1CN1CCN(C(=O)CSc2nc3sc(C)c(C)c3c(=O)n2C)CC1. The zero-order valence-electron chi connectivity index (χ0n) is 18.5. The standard InChI is InChI=1S/C23H28N4O2S2/c1-15-7-5-6-8-18(15)13-26-9-11-27(12-10-26)19(28)14-30-23-24-21-20(22(29)25(23)4)16(2)17(3)31-21/h5-8H,9-14H2,1-4H3. The van der Waals surface area contributed by atoms with Crippen molar-refractivity contribution < 1.29 is 4.79 Å². The monoisotopic (exact) mass is 456 g/mol. The second-order valence-corrected chi connectivity index (χ2v) is 10.2. The lowest BCUT2D eigenvalue weighted by Crippen LogP contribution is -2.48. The van der Waals surface area contributed by atoms with Gasteiger partial charge in [-0.15, -0.1) is 11.3 Å². The van der Waals surface area contributed by atoms with Crippen LogP contribution in [0.4, 0.5) is 0 Å². The van der Waals surface area contributed by atoms with E-state index in [4.69, 9.17) is 0 Å². The van der Waals surface area contributed by atoms with Crippen LogP contribution in [-0.2, 0) is 18.4 Å².